The van der Waals surface area contributed by atoms with Crippen molar-refractivity contribution < 1.29 is 9.31 Å². The van der Waals surface area contributed by atoms with Gasteiger partial charge in [0.05, 0.1) is 22.2 Å². The summed E-state index contributed by atoms with van der Waals surface area (Å²) in [7, 11) is -0.385. The number of para-hydroxylation sites is 1. The van der Waals surface area contributed by atoms with E-state index in [1.54, 1.807) is 11.1 Å². The van der Waals surface area contributed by atoms with Crippen molar-refractivity contribution in [1.29, 1.82) is 0 Å². The van der Waals surface area contributed by atoms with Crippen LogP contribution in [-0.4, -0.2) is 22.9 Å². The summed E-state index contributed by atoms with van der Waals surface area (Å²) in [5.41, 5.74) is 13.0. The molecule has 6 aromatic rings. The Balaban J connectivity index is 0.995. The number of hydrogen-bond acceptors (Lipinski definition) is 2. The van der Waals surface area contributed by atoms with E-state index < -0.39 is 0 Å². The maximum absolute atomic E-state index is 6.44. The van der Waals surface area contributed by atoms with Gasteiger partial charge in [-0.05, 0) is 153 Å². The highest BCUT2D eigenvalue weighted by atomic mass is 16.7. The largest absolute Gasteiger partial charge is 0.494 e. The van der Waals surface area contributed by atoms with Crippen LogP contribution in [0.5, 0.6) is 0 Å². The second-order valence-corrected chi connectivity index (χ2v) is 17.2. The molecular weight excluding hydrogens is 609 g/mol. The van der Waals surface area contributed by atoms with E-state index in [2.05, 4.69) is 141 Å². The number of fused-ring (bicyclic) bond motifs is 7. The number of benzene rings is 5. The van der Waals surface area contributed by atoms with Gasteiger partial charge < -0.3 is 13.9 Å². The molecular formula is C46H44BNO2. The molecule has 3 nitrogen and oxygen atoms in total. The second-order valence-electron chi connectivity index (χ2n) is 17.2. The van der Waals surface area contributed by atoms with Gasteiger partial charge in [-0.3, -0.25) is 0 Å². The zero-order valence-corrected chi connectivity index (χ0v) is 29.6. The molecule has 2 heterocycles. The van der Waals surface area contributed by atoms with Crippen molar-refractivity contribution >= 4 is 34.4 Å². The predicted octanol–water partition coefficient (Wildman–Crippen LogP) is 10.5. The van der Waals surface area contributed by atoms with Gasteiger partial charge in [-0.25, -0.2) is 0 Å². The van der Waals surface area contributed by atoms with Crippen molar-refractivity contribution in [3.8, 4) is 27.9 Å². The second kappa shape index (κ2) is 10.0. The molecule has 5 aliphatic rings. The van der Waals surface area contributed by atoms with Crippen molar-refractivity contribution in [1.82, 2.24) is 4.57 Å². The van der Waals surface area contributed by atoms with Gasteiger partial charge in [0.25, 0.3) is 0 Å². The molecule has 0 radical (unpaired) electrons. The predicted molar refractivity (Wildman–Crippen MR) is 205 cm³/mol. The van der Waals surface area contributed by atoms with E-state index in [1.807, 2.05) is 0 Å². The van der Waals surface area contributed by atoms with Crippen molar-refractivity contribution in [2.75, 3.05) is 0 Å². The van der Waals surface area contributed by atoms with Crippen LogP contribution in [0.15, 0.2) is 109 Å². The highest BCUT2D eigenvalue weighted by Gasteiger charge is 2.63. The van der Waals surface area contributed by atoms with Crippen LogP contribution in [-0.2, 0) is 14.7 Å². The fourth-order valence-electron chi connectivity index (χ4n) is 11.5. The van der Waals surface area contributed by atoms with Crippen LogP contribution < -0.4 is 5.46 Å². The molecule has 1 aliphatic heterocycles. The quantitative estimate of drug-likeness (QED) is 0.178. The maximum Gasteiger partial charge on any atom is 0.494 e. The van der Waals surface area contributed by atoms with Gasteiger partial charge in [0.15, 0.2) is 0 Å². The molecule has 4 heteroatoms. The van der Waals surface area contributed by atoms with Crippen molar-refractivity contribution in [2.45, 2.75) is 76.4 Å². The van der Waals surface area contributed by atoms with E-state index in [4.69, 9.17) is 9.31 Å². The Labute approximate surface area is 295 Å². The Bertz CT molecular complexity index is 2350. The first-order chi connectivity index (χ1) is 24.2. The average molecular weight is 654 g/mol. The molecule has 5 atom stereocenters. The molecule has 3 saturated carbocycles. The maximum atomic E-state index is 6.44. The van der Waals surface area contributed by atoms with E-state index in [9.17, 15) is 0 Å². The summed E-state index contributed by atoms with van der Waals surface area (Å²) in [6.07, 6.45) is 7.13. The van der Waals surface area contributed by atoms with Gasteiger partial charge in [-0.2, -0.15) is 0 Å². The SMILES string of the molecule is CC1(C)OB(c2ccc3c(c2)c2ccccc2n3-c2ccc(-c3ccc4c(c3)C3(c5ccccc5-4)C4CCC5CC(C4)CC53)cc2)OC1(C)C. The molecule has 5 unspecified atom stereocenters. The van der Waals surface area contributed by atoms with E-state index in [0.29, 0.717) is 0 Å². The Morgan fingerprint density at radius 2 is 1.34 bits per heavy atom. The first-order valence-electron chi connectivity index (χ1n) is 19.0. The van der Waals surface area contributed by atoms with Crippen molar-refractivity contribution in [3.63, 3.8) is 0 Å². The first-order valence-corrected chi connectivity index (χ1v) is 19.0. The Morgan fingerprint density at radius 1 is 0.620 bits per heavy atom. The van der Waals surface area contributed by atoms with Gasteiger partial charge in [0.1, 0.15) is 0 Å². The third kappa shape index (κ3) is 3.79. The molecule has 0 N–H and O–H groups in total. The van der Waals surface area contributed by atoms with E-state index in [0.717, 1.165) is 29.1 Å². The molecule has 1 spiro atoms. The summed E-state index contributed by atoms with van der Waals surface area (Å²) in [6.45, 7) is 8.46. The molecule has 0 amide bonds. The fraction of sp³-hybridized carbons (Fsp3) is 0.348. The normalized spacial score (nSPS) is 28.2. The lowest BCUT2D eigenvalue weighted by Gasteiger charge is -2.52. The summed E-state index contributed by atoms with van der Waals surface area (Å²) in [4.78, 5) is 0. The molecule has 1 aromatic heterocycles. The van der Waals surface area contributed by atoms with E-state index >= 15 is 0 Å². The molecule has 248 valence electrons. The third-order valence-corrected chi connectivity index (χ3v) is 14.3. The van der Waals surface area contributed by atoms with E-state index in [1.165, 1.54) is 81.9 Å². The fourth-order valence-corrected chi connectivity index (χ4v) is 11.5. The summed E-state index contributed by atoms with van der Waals surface area (Å²) < 4.78 is 15.3. The Kier molecular flexibility index (Phi) is 5.93. The Hall–Kier alpha value is -4.12. The average Bonchev–Trinajstić information content (AvgIpc) is 3.75. The van der Waals surface area contributed by atoms with Gasteiger partial charge in [-0.15, -0.1) is 0 Å². The first kappa shape index (κ1) is 29.6. The van der Waals surface area contributed by atoms with Crippen molar-refractivity contribution in [2.24, 2.45) is 23.7 Å². The lowest BCUT2D eigenvalue weighted by molar-refractivity contribution is 0.00578. The number of hydrogen-bond donors (Lipinski definition) is 0. The summed E-state index contributed by atoms with van der Waals surface area (Å²) >= 11 is 0. The smallest absolute Gasteiger partial charge is 0.399 e. The summed E-state index contributed by atoms with van der Waals surface area (Å²) in [5.74, 6) is 3.40. The zero-order valence-electron chi connectivity index (χ0n) is 29.6. The summed E-state index contributed by atoms with van der Waals surface area (Å²) in [6, 6.07) is 41.6. The minimum Gasteiger partial charge on any atom is -0.399 e. The van der Waals surface area contributed by atoms with Crippen LogP contribution in [0.1, 0.15) is 70.9 Å². The minimum absolute atomic E-state index is 0.194. The Morgan fingerprint density at radius 3 is 2.18 bits per heavy atom. The lowest BCUT2D eigenvalue weighted by Crippen LogP contribution is -2.48. The molecule has 50 heavy (non-hydrogen) atoms. The topological polar surface area (TPSA) is 23.4 Å². The molecule has 1 saturated heterocycles. The zero-order chi connectivity index (χ0) is 33.6. The molecule has 5 aromatic carbocycles. The molecule has 4 aliphatic carbocycles. The van der Waals surface area contributed by atoms with Gasteiger partial charge in [0, 0.05) is 21.9 Å². The number of rotatable bonds is 3. The standard InChI is InChI=1S/C46H44BNO2/c1-44(2)45(3,4)50-47(49-44)33-18-22-43-38(27-33)37-10-6-8-12-42(37)48(43)34-19-14-29(15-20-34)30-16-21-36-35-9-5-7-11-39(35)46(41(36)26-30)32-17-13-31-23-28(24-32)25-40(31)46/h5-12,14-16,18-22,26-28,31-32,40H,13,17,23-25H2,1-4H3. The number of nitrogens with zero attached hydrogens (tertiary/aromatic N) is 1. The van der Waals surface area contributed by atoms with Crippen LogP contribution in [0.2, 0.25) is 0 Å². The van der Waals surface area contributed by atoms with Gasteiger partial charge >= 0.3 is 7.12 Å². The monoisotopic (exact) mass is 653 g/mol. The minimum atomic E-state index is -0.385. The number of aromatic nitrogens is 1. The van der Waals surface area contributed by atoms with Crippen LogP contribution in [0.3, 0.4) is 0 Å². The molecule has 4 fully saturated rings. The lowest BCUT2D eigenvalue weighted by atomic mass is 9.50. The van der Waals surface area contributed by atoms with Crippen LogP contribution in [0.4, 0.5) is 0 Å². The van der Waals surface area contributed by atoms with Gasteiger partial charge in [-0.1, -0.05) is 78.9 Å². The van der Waals surface area contributed by atoms with Crippen LogP contribution >= 0.6 is 0 Å². The van der Waals surface area contributed by atoms with Crippen LogP contribution in [0, 0.1) is 23.7 Å². The van der Waals surface area contributed by atoms with Gasteiger partial charge in [0.2, 0.25) is 0 Å². The molecule has 11 rings (SSSR count). The van der Waals surface area contributed by atoms with E-state index in [-0.39, 0.29) is 23.7 Å². The van der Waals surface area contributed by atoms with Crippen LogP contribution in [0.25, 0.3) is 49.7 Å². The summed E-state index contributed by atoms with van der Waals surface area (Å²) in [5, 5.41) is 2.46. The molecule has 3 bridgehead atoms. The van der Waals surface area contributed by atoms with Crippen molar-refractivity contribution in [3.05, 3.63) is 120 Å². The highest BCUT2D eigenvalue weighted by molar-refractivity contribution is 6.62. The highest BCUT2D eigenvalue weighted by Crippen LogP contribution is 2.70. The third-order valence-electron chi connectivity index (χ3n) is 14.3.